The number of benzene rings is 2. The highest BCUT2D eigenvalue weighted by atomic mass is 16.5. The number of methoxy groups -OCH3 is 1. The van der Waals surface area contributed by atoms with E-state index in [1.807, 2.05) is 67.8 Å². The Morgan fingerprint density at radius 3 is 2.51 bits per heavy atom. The summed E-state index contributed by atoms with van der Waals surface area (Å²) in [6.07, 6.45) is 6.21. The van der Waals surface area contributed by atoms with E-state index in [2.05, 4.69) is 31.6 Å². The predicted molar refractivity (Wildman–Crippen MR) is 199 cm³/mol. The van der Waals surface area contributed by atoms with Gasteiger partial charge in [0.05, 0.1) is 7.11 Å². The smallest absolute Gasteiger partial charge is 0.257 e. The van der Waals surface area contributed by atoms with Crippen LogP contribution in [-0.4, -0.2) is 84.0 Å². The fourth-order valence-corrected chi connectivity index (χ4v) is 6.07. The van der Waals surface area contributed by atoms with Gasteiger partial charge in [0.25, 0.3) is 5.91 Å². The lowest BCUT2D eigenvalue weighted by atomic mass is 10.00. The highest BCUT2D eigenvalue weighted by molar-refractivity contribution is 5.94. The third kappa shape index (κ3) is 12.7. The quantitative estimate of drug-likeness (QED) is 0.222. The summed E-state index contributed by atoms with van der Waals surface area (Å²) in [4.78, 5) is 71.5. The number of aryl methyl sites for hydroxylation is 3. The number of nitrogens with zero attached hydrogens (tertiary/aromatic N) is 2. The van der Waals surface area contributed by atoms with Gasteiger partial charge in [0.15, 0.2) is 18.1 Å². The second-order valence-corrected chi connectivity index (χ2v) is 13.4. The molecule has 2 heterocycles. The molecule has 5 amide bonds. The second kappa shape index (κ2) is 20.6. The minimum absolute atomic E-state index is 0.102. The minimum atomic E-state index is -1.05. The molecule has 0 aliphatic carbocycles. The number of amides is 5. The molecular formula is C39H53N7O7. The Morgan fingerprint density at radius 2 is 1.77 bits per heavy atom. The number of rotatable bonds is 9. The molecule has 3 aromatic rings. The zero-order chi connectivity index (χ0) is 38.2. The summed E-state index contributed by atoms with van der Waals surface area (Å²) in [5, 5.41) is 14.3. The molecule has 286 valence electrons. The molecule has 2 bridgehead atoms. The van der Waals surface area contributed by atoms with Crippen LogP contribution in [0.25, 0.3) is 0 Å². The van der Waals surface area contributed by atoms with Crippen molar-refractivity contribution in [3.63, 3.8) is 0 Å². The van der Waals surface area contributed by atoms with Crippen LogP contribution in [0.1, 0.15) is 63.4 Å². The Morgan fingerprint density at radius 1 is 1.00 bits per heavy atom. The first kappa shape index (κ1) is 40.4. The van der Waals surface area contributed by atoms with Crippen molar-refractivity contribution in [2.75, 3.05) is 26.8 Å². The molecule has 1 aromatic heterocycles. The highest BCUT2D eigenvalue weighted by Gasteiger charge is 2.31. The van der Waals surface area contributed by atoms with Crippen LogP contribution in [0.2, 0.25) is 0 Å². The van der Waals surface area contributed by atoms with Crippen LogP contribution in [-0.2, 0) is 49.8 Å². The van der Waals surface area contributed by atoms with Gasteiger partial charge < -0.3 is 40.6 Å². The molecule has 5 N–H and O–H groups in total. The lowest BCUT2D eigenvalue weighted by Crippen LogP contribution is -2.58. The summed E-state index contributed by atoms with van der Waals surface area (Å²) in [6.45, 7) is 6.36. The molecule has 0 saturated carbocycles. The van der Waals surface area contributed by atoms with E-state index >= 15 is 0 Å². The van der Waals surface area contributed by atoms with Gasteiger partial charge in [0.1, 0.15) is 23.9 Å². The molecule has 53 heavy (non-hydrogen) atoms. The fraction of sp³-hybridized carbons (Fsp3) is 0.487. The SMILES string of the molecule is CCc1nccn1CCC(=O)N[C@H]1CCCNC(=O)COc2cc(ccc2OC)CCCNC(=O)[C@@H](C(C)C)NC(=O)[C@H](Cc2ccccc2)NC1=O. The first-order chi connectivity index (χ1) is 25.6. The van der Waals surface area contributed by atoms with E-state index in [1.54, 1.807) is 18.5 Å². The number of fused-ring (bicyclic) bond motifs is 2. The second-order valence-electron chi connectivity index (χ2n) is 13.4. The van der Waals surface area contributed by atoms with E-state index in [1.165, 1.54) is 7.11 Å². The van der Waals surface area contributed by atoms with Crippen LogP contribution in [0, 0.1) is 5.92 Å². The summed E-state index contributed by atoms with van der Waals surface area (Å²) in [7, 11) is 1.52. The van der Waals surface area contributed by atoms with Gasteiger partial charge in [-0.25, -0.2) is 4.98 Å². The van der Waals surface area contributed by atoms with E-state index < -0.39 is 29.9 Å². The normalized spacial score (nSPS) is 19.7. The van der Waals surface area contributed by atoms with Crippen molar-refractivity contribution in [2.24, 2.45) is 5.92 Å². The molecule has 1 aliphatic heterocycles. The van der Waals surface area contributed by atoms with Gasteiger partial charge >= 0.3 is 0 Å². The van der Waals surface area contributed by atoms with Crippen LogP contribution >= 0.6 is 0 Å². The molecule has 0 unspecified atom stereocenters. The number of hydrogen-bond acceptors (Lipinski definition) is 8. The minimum Gasteiger partial charge on any atom is -0.493 e. The standard InChI is InChI=1S/C39H53N7O7/c1-5-33-40-20-22-46(33)21-17-34(47)43-29-14-10-18-41-35(48)25-53-32-24-28(15-16-31(32)52-4)13-9-19-42-39(51)36(26(2)3)45-38(50)30(44-37(29)49)23-27-11-7-6-8-12-27/h6-8,11-12,15-16,20,22,24,26,29-30,36H,5,9-10,13-14,17-19,21,23,25H2,1-4H3,(H,41,48)(H,42,51)(H,43,47)(H,44,49)(H,45,50)/t29-,30-,36+/m0/s1. The molecule has 0 spiro atoms. The zero-order valence-electron chi connectivity index (χ0n) is 31.1. The first-order valence-corrected chi connectivity index (χ1v) is 18.4. The summed E-state index contributed by atoms with van der Waals surface area (Å²) in [6, 6.07) is 11.8. The Kier molecular flexibility index (Phi) is 15.7. The highest BCUT2D eigenvalue weighted by Crippen LogP contribution is 2.28. The van der Waals surface area contributed by atoms with Crippen LogP contribution in [0.4, 0.5) is 0 Å². The maximum absolute atomic E-state index is 13.9. The number of hydrogen-bond donors (Lipinski definition) is 5. The van der Waals surface area contributed by atoms with Gasteiger partial charge in [-0.15, -0.1) is 0 Å². The third-order valence-corrected chi connectivity index (χ3v) is 9.03. The van der Waals surface area contributed by atoms with Gasteiger partial charge in [-0.1, -0.05) is 57.2 Å². The van der Waals surface area contributed by atoms with Crippen molar-refractivity contribution >= 4 is 29.5 Å². The van der Waals surface area contributed by atoms with Crippen LogP contribution < -0.4 is 36.1 Å². The lowest BCUT2D eigenvalue weighted by molar-refractivity contribution is -0.134. The monoisotopic (exact) mass is 731 g/mol. The molecule has 14 nitrogen and oxygen atoms in total. The maximum Gasteiger partial charge on any atom is 0.257 e. The number of carbonyl (C=O) groups is 5. The van der Waals surface area contributed by atoms with Gasteiger partial charge in [-0.05, 0) is 54.9 Å². The number of nitrogens with one attached hydrogen (secondary N) is 5. The zero-order valence-corrected chi connectivity index (χ0v) is 31.1. The average Bonchev–Trinajstić information content (AvgIpc) is 3.62. The number of imidazole rings is 1. The van der Waals surface area contributed by atoms with Crippen LogP contribution in [0.3, 0.4) is 0 Å². The van der Waals surface area contributed by atoms with Crippen LogP contribution in [0.15, 0.2) is 60.9 Å². The average molecular weight is 732 g/mol. The van der Waals surface area contributed by atoms with Crippen molar-refractivity contribution in [3.05, 3.63) is 77.9 Å². The maximum atomic E-state index is 13.9. The number of carbonyl (C=O) groups excluding carboxylic acids is 5. The molecule has 4 rings (SSSR count). The molecule has 0 fully saturated rings. The molecule has 0 saturated heterocycles. The summed E-state index contributed by atoms with van der Waals surface area (Å²) in [5.41, 5.74) is 1.74. The third-order valence-electron chi connectivity index (χ3n) is 9.03. The Balaban J connectivity index is 1.57. The van der Waals surface area contributed by atoms with Gasteiger partial charge in [-0.2, -0.15) is 0 Å². The van der Waals surface area contributed by atoms with Crippen molar-refractivity contribution < 1.29 is 33.4 Å². The summed E-state index contributed by atoms with van der Waals surface area (Å²) in [5.74, 6) is -0.624. The Bertz CT molecular complexity index is 1680. The Labute approximate surface area is 311 Å². The first-order valence-electron chi connectivity index (χ1n) is 18.4. The van der Waals surface area contributed by atoms with E-state index in [-0.39, 0.29) is 56.1 Å². The molecule has 3 atom stereocenters. The van der Waals surface area contributed by atoms with E-state index in [0.29, 0.717) is 50.3 Å². The van der Waals surface area contributed by atoms with E-state index in [0.717, 1.165) is 17.0 Å². The van der Waals surface area contributed by atoms with Crippen molar-refractivity contribution in [1.82, 2.24) is 36.1 Å². The van der Waals surface area contributed by atoms with Crippen LogP contribution in [0.5, 0.6) is 11.5 Å². The lowest BCUT2D eigenvalue weighted by Gasteiger charge is -2.27. The molecule has 14 heteroatoms. The van der Waals surface area contributed by atoms with Gasteiger partial charge in [0.2, 0.25) is 23.6 Å². The van der Waals surface area contributed by atoms with Crippen molar-refractivity contribution in [3.8, 4) is 11.5 Å². The van der Waals surface area contributed by atoms with Crippen molar-refractivity contribution in [2.45, 2.75) is 90.4 Å². The van der Waals surface area contributed by atoms with E-state index in [4.69, 9.17) is 9.47 Å². The molecule has 0 radical (unpaired) electrons. The predicted octanol–water partition coefficient (Wildman–Crippen LogP) is 2.24. The largest absolute Gasteiger partial charge is 0.493 e. The Hall–Kier alpha value is -5.40. The van der Waals surface area contributed by atoms with E-state index in [9.17, 15) is 24.0 Å². The number of aromatic nitrogens is 2. The molecule has 1 aliphatic rings. The van der Waals surface area contributed by atoms with Gasteiger partial charge in [0, 0.05) is 51.3 Å². The number of ether oxygens (including phenoxy) is 2. The molecular weight excluding hydrogens is 678 g/mol. The van der Waals surface area contributed by atoms with Gasteiger partial charge in [-0.3, -0.25) is 24.0 Å². The summed E-state index contributed by atoms with van der Waals surface area (Å²) < 4.78 is 13.1. The topological polar surface area (TPSA) is 182 Å². The molecule has 2 aromatic carbocycles. The fourth-order valence-electron chi connectivity index (χ4n) is 6.07. The van der Waals surface area contributed by atoms with Crippen molar-refractivity contribution in [1.29, 1.82) is 0 Å². The summed E-state index contributed by atoms with van der Waals surface area (Å²) >= 11 is 0.